The molecule has 0 aliphatic rings. The highest BCUT2D eigenvalue weighted by Gasteiger charge is 2.08. The van der Waals surface area contributed by atoms with Crippen LogP contribution in [0.2, 0.25) is 0 Å². The summed E-state index contributed by atoms with van der Waals surface area (Å²) in [4.78, 5) is 12.4. The zero-order valence-electron chi connectivity index (χ0n) is 8.86. The zero-order valence-corrected chi connectivity index (χ0v) is 8.86. The number of nitrogens with zero attached hydrogens (tertiary/aromatic N) is 1. The Kier molecular flexibility index (Phi) is 3.38. The molecule has 0 heterocycles. The molecule has 0 aliphatic heterocycles. The maximum atomic E-state index is 10.7. The summed E-state index contributed by atoms with van der Waals surface area (Å²) in [5, 5.41) is 0. The Bertz CT molecular complexity index is 366. The van der Waals surface area contributed by atoms with Crippen molar-refractivity contribution in [2.24, 2.45) is 5.73 Å². The van der Waals surface area contributed by atoms with Crippen molar-refractivity contribution in [2.75, 3.05) is 31.3 Å². The largest absolute Gasteiger partial charge is 0.497 e. The molecule has 0 fully saturated rings. The molecule has 0 aromatic heterocycles. The van der Waals surface area contributed by atoms with E-state index in [1.54, 1.807) is 37.3 Å². The molecule has 1 amide bonds. The number of rotatable bonds is 4. The molecule has 0 radical (unpaired) electrons. The van der Waals surface area contributed by atoms with Crippen LogP contribution in [0.3, 0.4) is 0 Å². The summed E-state index contributed by atoms with van der Waals surface area (Å²) in [6, 6.07) is 5.27. The summed E-state index contributed by atoms with van der Waals surface area (Å²) in [6.07, 6.45) is 0. The van der Waals surface area contributed by atoms with Crippen molar-refractivity contribution >= 4 is 17.3 Å². The van der Waals surface area contributed by atoms with Gasteiger partial charge in [-0.25, -0.2) is 0 Å². The number of nitrogen functional groups attached to an aromatic ring is 1. The summed E-state index contributed by atoms with van der Waals surface area (Å²) in [5.41, 5.74) is 12.2. The fourth-order valence-corrected chi connectivity index (χ4v) is 1.33. The van der Waals surface area contributed by atoms with E-state index in [1.165, 1.54) is 0 Å². The first-order valence-electron chi connectivity index (χ1n) is 4.47. The molecule has 15 heavy (non-hydrogen) atoms. The van der Waals surface area contributed by atoms with Crippen molar-refractivity contribution in [2.45, 2.75) is 0 Å². The van der Waals surface area contributed by atoms with Crippen molar-refractivity contribution in [3.63, 3.8) is 0 Å². The molecule has 1 rings (SSSR count). The van der Waals surface area contributed by atoms with Crippen LogP contribution >= 0.6 is 0 Å². The van der Waals surface area contributed by atoms with Gasteiger partial charge in [0.1, 0.15) is 5.75 Å². The SMILES string of the molecule is COc1ccc(N(C)CC(N)=O)c(N)c1. The summed E-state index contributed by atoms with van der Waals surface area (Å²) < 4.78 is 5.02. The molecule has 0 saturated heterocycles. The zero-order chi connectivity index (χ0) is 11.4. The number of carbonyl (C=O) groups is 1. The first kappa shape index (κ1) is 11.2. The maximum absolute atomic E-state index is 10.7. The van der Waals surface area contributed by atoms with E-state index >= 15 is 0 Å². The van der Waals surface area contributed by atoms with Crippen LogP contribution in [0.1, 0.15) is 0 Å². The van der Waals surface area contributed by atoms with Crippen LogP contribution in [-0.4, -0.2) is 26.6 Å². The number of benzene rings is 1. The van der Waals surface area contributed by atoms with Gasteiger partial charge in [-0.05, 0) is 12.1 Å². The van der Waals surface area contributed by atoms with Crippen molar-refractivity contribution in [1.29, 1.82) is 0 Å². The quantitative estimate of drug-likeness (QED) is 0.694. The normalized spacial score (nSPS) is 9.73. The second kappa shape index (κ2) is 4.54. The Hall–Kier alpha value is -1.91. The van der Waals surface area contributed by atoms with E-state index in [1.807, 2.05) is 0 Å². The smallest absolute Gasteiger partial charge is 0.236 e. The highest BCUT2D eigenvalue weighted by molar-refractivity contribution is 5.81. The standard InChI is InChI=1S/C10H15N3O2/c1-13(6-10(12)14)9-4-3-7(15-2)5-8(9)11/h3-5H,6,11H2,1-2H3,(H2,12,14). The lowest BCUT2D eigenvalue weighted by Gasteiger charge is -2.19. The lowest BCUT2D eigenvalue weighted by molar-refractivity contribution is -0.116. The Balaban J connectivity index is 2.90. The van der Waals surface area contributed by atoms with Gasteiger partial charge in [0.25, 0.3) is 0 Å². The van der Waals surface area contributed by atoms with Crippen LogP contribution in [0, 0.1) is 0 Å². The Labute approximate surface area is 88.6 Å². The predicted molar refractivity (Wildman–Crippen MR) is 59.9 cm³/mol. The Morgan fingerprint density at radius 1 is 1.53 bits per heavy atom. The molecule has 0 atom stereocenters. The van der Waals surface area contributed by atoms with Gasteiger partial charge < -0.3 is 21.1 Å². The molecule has 0 bridgehead atoms. The first-order chi connectivity index (χ1) is 7.04. The number of carbonyl (C=O) groups excluding carboxylic acids is 1. The molecule has 0 aliphatic carbocycles. The number of primary amides is 1. The number of ether oxygens (including phenoxy) is 1. The minimum Gasteiger partial charge on any atom is -0.497 e. The van der Waals surface area contributed by atoms with Gasteiger partial charge in [0.05, 0.1) is 25.0 Å². The average molecular weight is 209 g/mol. The van der Waals surface area contributed by atoms with E-state index in [4.69, 9.17) is 16.2 Å². The lowest BCUT2D eigenvalue weighted by Crippen LogP contribution is -2.30. The van der Waals surface area contributed by atoms with Gasteiger partial charge in [0, 0.05) is 13.1 Å². The second-order valence-corrected chi connectivity index (χ2v) is 3.25. The second-order valence-electron chi connectivity index (χ2n) is 3.25. The molecule has 5 nitrogen and oxygen atoms in total. The molecule has 1 aromatic carbocycles. The summed E-state index contributed by atoms with van der Waals surface area (Å²) >= 11 is 0. The van der Waals surface area contributed by atoms with E-state index in [-0.39, 0.29) is 6.54 Å². The average Bonchev–Trinajstić information content (AvgIpc) is 2.16. The topological polar surface area (TPSA) is 81.6 Å². The number of hydrogen-bond acceptors (Lipinski definition) is 4. The van der Waals surface area contributed by atoms with Crippen LogP contribution in [0.25, 0.3) is 0 Å². The van der Waals surface area contributed by atoms with E-state index < -0.39 is 5.91 Å². The van der Waals surface area contributed by atoms with E-state index in [0.717, 1.165) is 5.69 Å². The first-order valence-corrected chi connectivity index (χ1v) is 4.47. The van der Waals surface area contributed by atoms with E-state index in [2.05, 4.69) is 0 Å². The van der Waals surface area contributed by atoms with Gasteiger partial charge in [-0.3, -0.25) is 4.79 Å². The number of likely N-dealkylation sites (N-methyl/N-ethyl adjacent to an activating group) is 1. The molecule has 4 N–H and O–H groups in total. The highest BCUT2D eigenvalue weighted by atomic mass is 16.5. The summed E-state index contributed by atoms with van der Waals surface area (Å²) in [7, 11) is 3.32. The fourth-order valence-electron chi connectivity index (χ4n) is 1.33. The molecule has 82 valence electrons. The number of hydrogen-bond donors (Lipinski definition) is 2. The molecule has 5 heteroatoms. The molecule has 0 saturated carbocycles. The van der Waals surface area contributed by atoms with Gasteiger partial charge in [-0.2, -0.15) is 0 Å². The van der Waals surface area contributed by atoms with Crippen molar-refractivity contribution in [3.05, 3.63) is 18.2 Å². The molecule has 0 unspecified atom stereocenters. The van der Waals surface area contributed by atoms with Gasteiger partial charge in [-0.15, -0.1) is 0 Å². The number of methoxy groups -OCH3 is 1. The molecular weight excluding hydrogens is 194 g/mol. The minimum atomic E-state index is -0.396. The predicted octanol–water partition coefficient (Wildman–Crippen LogP) is 0.199. The summed E-state index contributed by atoms with van der Waals surface area (Å²) in [5.74, 6) is 0.288. The van der Waals surface area contributed by atoms with Crippen LogP contribution in [0.4, 0.5) is 11.4 Å². The molecule has 1 aromatic rings. The minimum absolute atomic E-state index is 0.135. The van der Waals surface area contributed by atoms with Gasteiger partial charge in [-0.1, -0.05) is 0 Å². The van der Waals surface area contributed by atoms with Crippen molar-refractivity contribution in [1.82, 2.24) is 0 Å². The monoisotopic (exact) mass is 209 g/mol. The van der Waals surface area contributed by atoms with Gasteiger partial charge >= 0.3 is 0 Å². The van der Waals surface area contributed by atoms with Gasteiger partial charge in [0.2, 0.25) is 5.91 Å². The number of anilines is 2. The van der Waals surface area contributed by atoms with Crippen LogP contribution < -0.4 is 21.1 Å². The van der Waals surface area contributed by atoms with Crippen molar-refractivity contribution < 1.29 is 9.53 Å². The van der Waals surface area contributed by atoms with E-state index in [9.17, 15) is 4.79 Å². The summed E-state index contributed by atoms with van der Waals surface area (Å²) in [6.45, 7) is 0.135. The lowest BCUT2D eigenvalue weighted by atomic mass is 10.2. The van der Waals surface area contributed by atoms with Gasteiger partial charge in [0.15, 0.2) is 0 Å². The van der Waals surface area contributed by atoms with Crippen LogP contribution in [0.5, 0.6) is 5.75 Å². The molecular formula is C10H15N3O2. The fraction of sp³-hybridized carbons (Fsp3) is 0.300. The number of nitrogens with two attached hydrogens (primary N) is 2. The highest BCUT2D eigenvalue weighted by Crippen LogP contribution is 2.26. The third-order valence-corrected chi connectivity index (χ3v) is 2.04. The van der Waals surface area contributed by atoms with E-state index in [0.29, 0.717) is 11.4 Å². The van der Waals surface area contributed by atoms with Crippen molar-refractivity contribution in [3.8, 4) is 5.75 Å². The third-order valence-electron chi connectivity index (χ3n) is 2.04. The maximum Gasteiger partial charge on any atom is 0.236 e. The number of amides is 1. The molecule has 0 spiro atoms. The van der Waals surface area contributed by atoms with Crippen LogP contribution in [0.15, 0.2) is 18.2 Å². The Morgan fingerprint density at radius 3 is 2.67 bits per heavy atom. The van der Waals surface area contributed by atoms with Crippen LogP contribution in [-0.2, 0) is 4.79 Å². The Morgan fingerprint density at radius 2 is 2.20 bits per heavy atom. The third kappa shape index (κ3) is 2.77.